The van der Waals surface area contributed by atoms with Crippen molar-refractivity contribution in [1.29, 1.82) is 0 Å². The SMILES string of the molecule is CCNC(=NCc1cccc(-c2ccccn2)c1)NC1CCN(C(=O)C(C)C)CC1. The van der Waals surface area contributed by atoms with Gasteiger partial charge in [-0.3, -0.25) is 9.78 Å². The first-order valence-corrected chi connectivity index (χ1v) is 10.9. The largest absolute Gasteiger partial charge is 0.357 e. The van der Waals surface area contributed by atoms with E-state index in [1.807, 2.05) is 43.1 Å². The van der Waals surface area contributed by atoms with Gasteiger partial charge in [0.2, 0.25) is 5.91 Å². The van der Waals surface area contributed by atoms with Gasteiger partial charge in [-0.15, -0.1) is 0 Å². The predicted octanol–water partition coefficient (Wildman–Crippen LogP) is 3.45. The Morgan fingerprint density at radius 1 is 1.20 bits per heavy atom. The third kappa shape index (κ3) is 6.05. The molecule has 0 spiro atoms. The molecule has 2 N–H and O–H groups in total. The van der Waals surface area contributed by atoms with Gasteiger partial charge in [0.1, 0.15) is 0 Å². The molecule has 2 heterocycles. The second kappa shape index (κ2) is 10.8. The molecule has 0 radical (unpaired) electrons. The number of carbonyl (C=O) groups excluding carboxylic acids is 1. The van der Waals surface area contributed by atoms with Crippen molar-refractivity contribution in [2.75, 3.05) is 19.6 Å². The molecule has 0 unspecified atom stereocenters. The van der Waals surface area contributed by atoms with Crippen LogP contribution < -0.4 is 10.6 Å². The Labute approximate surface area is 179 Å². The van der Waals surface area contributed by atoms with Crippen LogP contribution in [0.4, 0.5) is 0 Å². The summed E-state index contributed by atoms with van der Waals surface area (Å²) in [7, 11) is 0. The third-order valence-corrected chi connectivity index (χ3v) is 5.29. The van der Waals surface area contributed by atoms with Crippen LogP contribution in [-0.2, 0) is 11.3 Å². The van der Waals surface area contributed by atoms with E-state index in [2.05, 4.69) is 46.8 Å². The molecule has 160 valence electrons. The molecule has 3 rings (SSSR count). The van der Waals surface area contributed by atoms with Crippen LogP contribution in [0.1, 0.15) is 39.2 Å². The van der Waals surface area contributed by atoms with Crippen molar-refractivity contribution >= 4 is 11.9 Å². The van der Waals surface area contributed by atoms with E-state index in [-0.39, 0.29) is 11.8 Å². The second-order valence-corrected chi connectivity index (χ2v) is 8.01. The summed E-state index contributed by atoms with van der Waals surface area (Å²) < 4.78 is 0. The fraction of sp³-hybridized carbons (Fsp3) is 0.458. The molecule has 1 fully saturated rings. The maximum absolute atomic E-state index is 12.2. The third-order valence-electron chi connectivity index (χ3n) is 5.29. The van der Waals surface area contributed by atoms with Crippen molar-refractivity contribution in [1.82, 2.24) is 20.5 Å². The molecule has 0 saturated carbocycles. The lowest BCUT2D eigenvalue weighted by Gasteiger charge is -2.34. The number of guanidine groups is 1. The zero-order valence-corrected chi connectivity index (χ0v) is 18.3. The van der Waals surface area contributed by atoms with Crippen molar-refractivity contribution in [3.8, 4) is 11.3 Å². The summed E-state index contributed by atoms with van der Waals surface area (Å²) >= 11 is 0. The van der Waals surface area contributed by atoms with Gasteiger partial charge in [-0.2, -0.15) is 0 Å². The molecule has 0 bridgehead atoms. The summed E-state index contributed by atoms with van der Waals surface area (Å²) in [5.74, 6) is 1.14. The zero-order valence-electron chi connectivity index (χ0n) is 18.3. The van der Waals surface area contributed by atoms with E-state index in [9.17, 15) is 4.79 Å². The van der Waals surface area contributed by atoms with E-state index in [1.54, 1.807) is 0 Å². The van der Waals surface area contributed by atoms with E-state index in [4.69, 9.17) is 4.99 Å². The molecule has 2 aromatic rings. The van der Waals surface area contributed by atoms with Gasteiger partial charge in [0.15, 0.2) is 5.96 Å². The average Bonchev–Trinajstić information content (AvgIpc) is 2.78. The monoisotopic (exact) mass is 407 g/mol. The van der Waals surface area contributed by atoms with Crippen molar-refractivity contribution in [2.45, 2.75) is 46.2 Å². The molecule has 0 atom stereocenters. The Morgan fingerprint density at radius 2 is 2.00 bits per heavy atom. The predicted molar refractivity (Wildman–Crippen MR) is 122 cm³/mol. The van der Waals surface area contributed by atoms with Crippen molar-refractivity contribution in [3.05, 3.63) is 54.2 Å². The number of hydrogen-bond donors (Lipinski definition) is 2. The number of carbonyl (C=O) groups is 1. The Morgan fingerprint density at radius 3 is 2.67 bits per heavy atom. The number of aromatic nitrogens is 1. The number of nitrogens with zero attached hydrogens (tertiary/aromatic N) is 3. The summed E-state index contributed by atoms with van der Waals surface area (Å²) in [6.07, 6.45) is 3.70. The van der Waals surface area contributed by atoms with Gasteiger partial charge in [0.05, 0.1) is 12.2 Å². The highest BCUT2D eigenvalue weighted by Gasteiger charge is 2.24. The van der Waals surface area contributed by atoms with Crippen molar-refractivity contribution in [3.63, 3.8) is 0 Å². The Balaban J connectivity index is 1.60. The van der Waals surface area contributed by atoms with Gasteiger partial charge < -0.3 is 15.5 Å². The molecule has 1 aliphatic rings. The van der Waals surface area contributed by atoms with E-state index in [1.165, 1.54) is 0 Å². The first kappa shape index (κ1) is 21.8. The Hall–Kier alpha value is -2.89. The van der Waals surface area contributed by atoms with Crippen LogP contribution in [0.5, 0.6) is 0 Å². The number of pyridine rings is 1. The molecule has 1 aromatic carbocycles. The number of hydrogen-bond acceptors (Lipinski definition) is 3. The van der Waals surface area contributed by atoms with Crippen LogP contribution in [0, 0.1) is 5.92 Å². The number of nitrogens with one attached hydrogen (secondary N) is 2. The highest BCUT2D eigenvalue weighted by atomic mass is 16.2. The number of aliphatic imine (C=N–C) groups is 1. The van der Waals surface area contributed by atoms with E-state index < -0.39 is 0 Å². The molecule has 1 amide bonds. The minimum Gasteiger partial charge on any atom is -0.357 e. The minimum absolute atomic E-state index is 0.0650. The molecular formula is C24H33N5O. The van der Waals surface area contributed by atoms with E-state index in [0.717, 1.165) is 55.3 Å². The van der Waals surface area contributed by atoms with Gasteiger partial charge >= 0.3 is 0 Å². The molecule has 6 heteroatoms. The lowest BCUT2D eigenvalue weighted by atomic mass is 10.0. The van der Waals surface area contributed by atoms with Crippen molar-refractivity contribution < 1.29 is 4.79 Å². The van der Waals surface area contributed by atoms with Crippen LogP contribution in [0.25, 0.3) is 11.3 Å². The van der Waals surface area contributed by atoms with Crippen LogP contribution in [0.2, 0.25) is 0 Å². The topological polar surface area (TPSA) is 69.6 Å². The number of likely N-dealkylation sites (tertiary alicyclic amines) is 1. The summed E-state index contributed by atoms with van der Waals surface area (Å²) in [5, 5.41) is 6.90. The summed E-state index contributed by atoms with van der Waals surface area (Å²) in [5.41, 5.74) is 3.22. The highest BCUT2D eigenvalue weighted by Crippen LogP contribution is 2.18. The summed E-state index contributed by atoms with van der Waals surface area (Å²) in [4.78, 5) is 23.4. The molecule has 1 aromatic heterocycles. The number of piperidine rings is 1. The summed E-state index contributed by atoms with van der Waals surface area (Å²) in [6, 6.07) is 14.6. The molecule has 1 aliphatic heterocycles. The van der Waals surface area contributed by atoms with Crippen LogP contribution >= 0.6 is 0 Å². The fourth-order valence-electron chi connectivity index (χ4n) is 3.66. The average molecular weight is 408 g/mol. The normalized spacial score (nSPS) is 15.3. The zero-order chi connectivity index (χ0) is 21.3. The first-order chi connectivity index (χ1) is 14.6. The number of amides is 1. The second-order valence-electron chi connectivity index (χ2n) is 8.01. The van der Waals surface area contributed by atoms with E-state index >= 15 is 0 Å². The lowest BCUT2D eigenvalue weighted by Crippen LogP contribution is -2.50. The molecule has 30 heavy (non-hydrogen) atoms. The first-order valence-electron chi connectivity index (χ1n) is 10.9. The quantitative estimate of drug-likeness (QED) is 0.568. The number of rotatable bonds is 6. The van der Waals surface area contributed by atoms with Gasteiger partial charge in [-0.05, 0) is 43.5 Å². The van der Waals surface area contributed by atoms with Gasteiger partial charge in [0, 0.05) is 43.4 Å². The minimum atomic E-state index is 0.0650. The fourth-order valence-corrected chi connectivity index (χ4v) is 3.66. The molecule has 6 nitrogen and oxygen atoms in total. The van der Waals surface area contributed by atoms with Gasteiger partial charge in [-0.1, -0.05) is 38.1 Å². The van der Waals surface area contributed by atoms with Crippen molar-refractivity contribution in [2.24, 2.45) is 10.9 Å². The maximum atomic E-state index is 12.2. The summed E-state index contributed by atoms with van der Waals surface area (Å²) in [6.45, 7) is 9.02. The van der Waals surface area contributed by atoms with Crippen LogP contribution in [-0.4, -0.2) is 47.4 Å². The Kier molecular flexibility index (Phi) is 7.82. The molecular weight excluding hydrogens is 374 g/mol. The van der Waals surface area contributed by atoms with Crippen LogP contribution in [0.3, 0.4) is 0 Å². The smallest absolute Gasteiger partial charge is 0.225 e. The van der Waals surface area contributed by atoms with Gasteiger partial charge in [0.25, 0.3) is 0 Å². The number of benzene rings is 1. The molecule has 0 aliphatic carbocycles. The standard InChI is InChI=1S/C24H33N5O/c1-4-25-24(28-21-11-14-29(15-12-21)23(30)18(2)3)27-17-19-8-7-9-20(16-19)22-10-5-6-13-26-22/h5-10,13,16,18,21H,4,11-12,14-15,17H2,1-3H3,(H2,25,27,28). The highest BCUT2D eigenvalue weighted by molar-refractivity contribution is 5.80. The molecule has 1 saturated heterocycles. The Bertz CT molecular complexity index is 842. The van der Waals surface area contributed by atoms with E-state index in [0.29, 0.717) is 12.6 Å². The maximum Gasteiger partial charge on any atom is 0.225 e. The van der Waals surface area contributed by atoms with Crippen LogP contribution in [0.15, 0.2) is 53.7 Å². The lowest BCUT2D eigenvalue weighted by molar-refractivity contribution is -0.135. The van der Waals surface area contributed by atoms with Gasteiger partial charge in [-0.25, -0.2) is 4.99 Å².